The van der Waals surface area contributed by atoms with Crippen LogP contribution in [0.3, 0.4) is 0 Å². The van der Waals surface area contributed by atoms with Crippen LogP contribution in [0.5, 0.6) is 0 Å². The molecule has 0 bridgehead atoms. The van der Waals surface area contributed by atoms with Crippen LogP contribution in [0.1, 0.15) is 22.5 Å². The van der Waals surface area contributed by atoms with Gasteiger partial charge in [-0.3, -0.25) is 9.59 Å². The van der Waals surface area contributed by atoms with Crippen molar-refractivity contribution in [3.05, 3.63) is 52.5 Å². The number of rotatable bonds is 3. The molecule has 0 aliphatic carbocycles. The van der Waals surface area contributed by atoms with Gasteiger partial charge in [0.2, 0.25) is 5.91 Å². The van der Waals surface area contributed by atoms with E-state index in [1.165, 1.54) is 23.5 Å². The number of ether oxygens (including phenoxy) is 1. The fourth-order valence-electron chi connectivity index (χ4n) is 4.12. The van der Waals surface area contributed by atoms with Gasteiger partial charge in [-0.2, -0.15) is 0 Å². The lowest BCUT2D eigenvalue weighted by atomic mass is 9.71. The molecule has 1 atom stereocenters. The van der Waals surface area contributed by atoms with Crippen LogP contribution in [-0.4, -0.2) is 43.0 Å². The molecule has 2 amide bonds. The molecule has 142 valence electrons. The first-order valence-electron chi connectivity index (χ1n) is 9.04. The summed E-state index contributed by atoms with van der Waals surface area (Å²) in [5, 5.41) is 4.71. The first-order valence-corrected chi connectivity index (χ1v) is 9.92. The molecule has 5 nitrogen and oxygen atoms in total. The number of likely N-dealkylation sites (tertiary alicyclic amines) is 1. The zero-order chi connectivity index (χ0) is 18.9. The van der Waals surface area contributed by atoms with E-state index in [4.69, 9.17) is 4.74 Å². The number of amides is 2. The van der Waals surface area contributed by atoms with E-state index in [1.807, 2.05) is 17.5 Å². The Hall–Kier alpha value is -2.25. The first-order chi connectivity index (χ1) is 13.1. The second-order valence-electron chi connectivity index (χ2n) is 7.19. The molecule has 4 rings (SSSR count). The van der Waals surface area contributed by atoms with Gasteiger partial charge in [0, 0.05) is 37.4 Å². The van der Waals surface area contributed by atoms with Crippen LogP contribution in [0, 0.1) is 17.2 Å². The Bertz CT molecular complexity index is 834. The Balaban J connectivity index is 1.56. The Morgan fingerprint density at radius 2 is 2.04 bits per heavy atom. The van der Waals surface area contributed by atoms with Gasteiger partial charge < -0.3 is 15.0 Å². The summed E-state index contributed by atoms with van der Waals surface area (Å²) in [6.07, 6.45) is 1.48. The van der Waals surface area contributed by atoms with Crippen LogP contribution in [-0.2, 0) is 9.53 Å². The summed E-state index contributed by atoms with van der Waals surface area (Å²) in [5.41, 5.74) is 0.146. The predicted molar refractivity (Wildman–Crippen MR) is 101 cm³/mol. The van der Waals surface area contributed by atoms with Crippen molar-refractivity contribution in [2.45, 2.75) is 12.8 Å². The van der Waals surface area contributed by atoms with E-state index in [0.29, 0.717) is 36.9 Å². The summed E-state index contributed by atoms with van der Waals surface area (Å²) >= 11 is 1.41. The summed E-state index contributed by atoms with van der Waals surface area (Å²) in [4.78, 5) is 28.3. The molecule has 2 aromatic rings. The average molecular weight is 388 g/mol. The normalized spacial score (nSPS) is 21.4. The summed E-state index contributed by atoms with van der Waals surface area (Å²) in [6, 6.07) is 9.54. The summed E-state index contributed by atoms with van der Waals surface area (Å²) in [7, 11) is 0. The van der Waals surface area contributed by atoms with Gasteiger partial charge in [-0.1, -0.05) is 12.1 Å². The molecule has 2 aliphatic heterocycles. The summed E-state index contributed by atoms with van der Waals surface area (Å²) in [6.45, 7) is 2.10. The number of hydrogen-bond donors (Lipinski definition) is 1. The molecule has 1 aromatic heterocycles. The Morgan fingerprint density at radius 1 is 1.22 bits per heavy atom. The molecular weight excluding hydrogens is 367 g/mol. The van der Waals surface area contributed by atoms with E-state index >= 15 is 0 Å². The topological polar surface area (TPSA) is 58.6 Å². The van der Waals surface area contributed by atoms with Gasteiger partial charge in [0.25, 0.3) is 5.91 Å². The predicted octanol–water partition coefficient (Wildman–Crippen LogP) is 3.39. The van der Waals surface area contributed by atoms with Crippen molar-refractivity contribution < 1.29 is 18.7 Å². The highest BCUT2D eigenvalue weighted by Crippen LogP contribution is 2.45. The smallest absolute Gasteiger partial charge is 0.263 e. The molecule has 1 unspecified atom stereocenters. The molecule has 7 heteroatoms. The lowest BCUT2D eigenvalue weighted by Gasteiger charge is -2.37. The molecule has 2 saturated heterocycles. The Kier molecular flexibility index (Phi) is 4.97. The minimum Gasteiger partial charge on any atom is -0.381 e. The number of thiophene rings is 1. The second kappa shape index (κ2) is 7.40. The molecule has 1 spiro atoms. The van der Waals surface area contributed by atoms with Crippen LogP contribution >= 0.6 is 11.3 Å². The number of anilines is 1. The highest BCUT2D eigenvalue weighted by molar-refractivity contribution is 7.12. The maximum Gasteiger partial charge on any atom is 0.263 e. The SMILES string of the molecule is O=C(Nc1cccc(F)c1)C1CN(C(=O)c2cccs2)CC12CCOCC2. The first kappa shape index (κ1) is 18.1. The minimum absolute atomic E-state index is 0.0306. The molecule has 2 fully saturated rings. The highest BCUT2D eigenvalue weighted by atomic mass is 32.1. The molecule has 0 saturated carbocycles. The molecule has 0 radical (unpaired) electrons. The number of carbonyl (C=O) groups is 2. The third-order valence-corrected chi connectivity index (χ3v) is 6.42. The second-order valence-corrected chi connectivity index (χ2v) is 8.14. The van der Waals surface area contributed by atoms with Gasteiger partial charge in [-0.05, 0) is 42.5 Å². The lowest BCUT2D eigenvalue weighted by molar-refractivity contribution is -0.124. The maximum atomic E-state index is 13.4. The van der Waals surface area contributed by atoms with Crippen molar-refractivity contribution in [3.8, 4) is 0 Å². The average Bonchev–Trinajstić information content (AvgIpc) is 3.31. The maximum absolute atomic E-state index is 13.4. The number of benzene rings is 1. The Labute approximate surface area is 161 Å². The third-order valence-electron chi connectivity index (χ3n) is 5.56. The quantitative estimate of drug-likeness (QED) is 0.877. The van der Waals surface area contributed by atoms with Crippen LogP contribution in [0.4, 0.5) is 10.1 Å². The van der Waals surface area contributed by atoms with E-state index < -0.39 is 5.82 Å². The minimum atomic E-state index is -0.394. The van der Waals surface area contributed by atoms with Crippen molar-refractivity contribution >= 4 is 28.8 Å². The molecule has 27 heavy (non-hydrogen) atoms. The van der Waals surface area contributed by atoms with Crippen molar-refractivity contribution in [1.29, 1.82) is 0 Å². The number of nitrogens with one attached hydrogen (secondary N) is 1. The van der Waals surface area contributed by atoms with Gasteiger partial charge in [-0.25, -0.2) is 4.39 Å². The van der Waals surface area contributed by atoms with Crippen molar-refractivity contribution in [2.75, 3.05) is 31.6 Å². The van der Waals surface area contributed by atoms with Gasteiger partial charge >= 0.3 is 0 Å². The fourth-order valence-corrected chi connectivity index (χ4v) is 4.81. The molecule has 2 aliphatic rings. The van der Waals surface area contributed by atoms with Gasteiger partial charge in [0.15, 0.2) is 0 Å². The Morgan fingerprint density at radius 3 is 2.74 bits per heavy atom. The zero-order valence-corrected chi connectivity index (χ0v) is 15.6. The van der Waals surface area contributed by atoms with Crippen LogP contribution in [0.15, 0.2) is 41.8 Å². The zero-order valence-electron chi connectivity index (χ0n) is 14.8. The number of halogens is 1. The van der Waals surface area contributed by atoms with Crippen LogP contribution in [0.2, 0.25) is 0 Å². The molecule has 3 heterocycles. The molecule has 1 N–H and O–H groups in total. The number of nitrogens with zero attached hydrogens (tertiary/aromatic N) is 1. The van der Waals surface area contributed by atoms with Crippen molar-refractivity contribution in [1.82, 2.24) is 4.90 Å². The van der Waals surface area contributed by atoms with E-state index in [2.05, 4.69) is 5.32 Å². The van der Waals surface area contributed by atoms with Crippen molar-refractivity contribution in [2.24, 2.45) is 11.3 Å². The lowest BCUT2D eigenvalue weighted by Crippen LogP contribution is -2.42. The van der Waals surface area contributed by atoms with E-state index in [-0.39, 0.29) is 23.1 Å². The van der Waals surface area contributed by atoms with E-state index in [0.717, 1.165) is 12.8 Å². The van der Waals surface area contributed by atoms with Gasteiger partial charge in [0.1, 0.15) is 5.82 Å². The van der Waals surface area contributed by atoms with Crippen LogP contribution < -0.4 is 5.32 Å². The number of carbonyl (C=O) groups excluding carboxylic acids is 2. The fraction of sp³-hybridized carbons (Fsp3) is 0.400. The summed E-state index contributed by atoms with van der Waals surface area (Å²) < 4.78 is 19.0. The van der Waals surface area contributed by atoms with Gasteiger partial charge in [0.05, 0.1) is 10.8 Å². The highest BCUT2D eigenvalue weighted by Gasteiger charge is 2.51. The monoisotopic (exact) mass is 388 g/mol. The molecular formula is C20H21FN2O3S. The molecule has 1 aromatic carbocycles. The van der Waals surface area contributed by atoms with Gasteiger partial charge in [-0.15, -0.1) is 11.3 Å². The van der Waals surface area contributed by atoms with Crippen molar-refractivity contribution in [3.63, 3.8) is 0 Å². The standard InChI is InChI=1S/C20H21FN2O3S/c21-14-3-1-4-15(11-14)22-18(24)16-12-23(19(25)17-5-2-10-27-17)13-20(16)6-8-26-9-7-20/h1-5,10-11,16H,6-9,12-13H2,(H,22,24). The third kappa shape index (κ3) is 3.61. The summed E-state index contributed by atoms with van der Waals surface area (Å²) in [5.74, 6) is -0.927. The van der Waals surface area contributed by atoms with Crippen LogP contribution in [0.25, 0.3) is 0 Å². The number of hydrogen-bond acceptors (Lipinski definition) is 4. The largest absolute Gasteiger partial charge is 0.381 e. The van der Waals surface area contributed by atoms with E-state index in [1.54, 1.807) is 17.0 Å². The van der Waals surface area contributed by atoms with E-state index in [9.17, 15) is 14.0 Å².